The molecule has 1 aliphatic rings. The van der Waals surface area contributed by atoms with Crippen LogP contribution in [0.4, 0.5) is 9.59 Å². The largest absolute Gasteiger partial charge is 0.446 e. The van der Waals surface area contributed by atoms with Crippen molar-refractivity contribution in [1.82, 2.24) is 5.32 Å². The van der Waals surface area contributed by atoms with Gasteiger partial charge in [0, 0.05) is 12.5 Å². The lowest BCUT2D eigenvalue weighted by molar-refractivity contribution is 0.0703. The second kappa shape index (κ2) is 7.52. The van der Waals surface area contributed by atoms with E-state index in [1.165, 1.54) is 0 Å². The topological polar surface area (TPSA) is 90.7 Å². The first-order valence-electron chi connectivity index (χ1n) is 7.07. The monoisotopic (exact) mass is 292 g/mol. The van der Waals surface area contributed by atoms with Crippen LogP contribution in [0, 0.1) is 0 Å². The SMILES string of the molecule is NC(=O)OC1CCCC(NC(=O)OCc2ccccc2)C1. The second-order valence-corrected chi connectivity index (χ2v) is 5.13. The predicted molar refractivity (Wildman–Crippen MR) is 76.5 cm³/mol. The lowest BCUT2D eigenvalue weighted by Gasteiger charge is -2.28. The van der Waals surface area contributed by atoms with Gasteiger partial charge in [0.15, 0.2) is 0 Å². The molecule has 2 amide bonds. The van der Waals surface area contributed by atoms with Gasteiger partial charge in [-0.05, 0) is 24.8 Å². The third-order valence-corrected chi connectivity index (χ3v) is 3.44. The molecule has 0 saturated heterocycles. The first-order chi connectivity index (χ1) is 10.1. The fourth-order valence-corrected chi connectivity index (χ4v) is 2.48. The van der Waals surface area contributed by atoms with Crippen molar-refractivity contribution in [2.24, 2.45) is 5.73 Å². The van der Waals surface area contributed by atoms with E-state index >= 15 is 0 Å². The fraction of sp³-hybridized carbons (Fsp3) is 0.467. The highest BCUT2D eigenvalue weighted by Gasteiger charge is 2.25. The van der Waals surface area contributed by atoms with Crippen molar-refractivity contribution in [2.75, 3.05) is 0 Å². The Kier molecular flexibility index (Phi) is 5.43. The summed E-state index contributed by atoms with van der Waals surface area (Å²) in [5.41, 5.74) is 5.95. The Bertz CT molecular complexity index is 478. The van der Waals surface area contributed by atoms with E-state index in [-0.39, 0.29) is 18.8 Å². The van der Waals surface area contributed by atoms with Crippen molar-refractivity contribution in [3.8, 4) is 0 Å². The van der Waals surface area contributed by atoms with Crippen molar-refractivity contribution in [2.45, 2.75) is 44.4 Å². The number of nitrogens with one attached hydrogen (secondary N) is 1. The molecule has 6 heteroatoms. The van der Waals surface area contributed by atoms with Crippen LogP contribution in [-0.4, -0.2) is 24.3 Å². The smallest absolute Gasteiger partial charge is 0.407 e. The van der Waals surface area contributed by atoms with Crippen molar-refractivity contribution in [3.05, 3.63) is 35.9 Å². The average Bonchev–Trinajstić information content (AvgIpc) is 2.46. The number of alkyl carbamates (subject to hydrolysis) is 1. The van der Waals surface area contributed by atoms with Gasteiger partial charge >= 0.3 is 12.2 Å². The molecule has 0 spiro atoms. The number of carbonyl (C=O) groups is 2. The lowest BCUT2D eigenvalue weighted by Crippen LogP contribution is -2.41. The zero-order valence-corrected chi connectivity index (χ0v) is 11.8. The van der Waals surface area contributed by atoms with E-state index < -0.39 is 12.2 Å². The molecule has 2 rings (SSSR count). The predicted octanol–water partition coefficient (Wildman–Crippen LogP) is 2.32. The second-order valence-electron chi connectivity index (χ2n) is 5.13. The van der Waals surface area contributed by atoms with Crippen LogP contribution in [-0.2, 0) is 16.1 Å². The molecule has 0 aliphatic heterocycles. The standard InChI is InChI=1S/C15H20N2O4/c16-14(18)21-13-8-4-7-12(9-13)17-15(19)20-10-11-5-2-1-3-6-11/h1-3,5-6,12-13H,4,7-10H2,(H2,16,18)(H,17,19). The maximum atomic E-state index is 11.7. The van der Waals surface area contributed by atoms with E-state index in [0.717, 1.165) is 24.8 Å². The Hall–Kier alpha value is -2.24. The van der Waals surface area contributed by atoms with Crippen molar-refractivity contribution >= 4 is 12.2 Å². The Morgan fingerprint density at radius 3 is 2.71 bits per heavy atom. The summed E-state index contributed by atoms with van der Waals surface area (Å²) >= 11 is 0. The van der Waals surface area contributed by atoms with Gasteiger partial charge in [0.25, 0.3) is 0 Å². The number of benzene rings is 1. The molecule has 0 radical (unpaired) electrons. The summed E-state index contributed by atoms with van der Waals surface area (Å²) in [6, 6.07) is 9.43. The highest BCUT2D eigenvalue weighted by molar-refractivity contribution is 5.67. The van der Waals surface area contributed by atoms with E-state index in [9.17, 15) is 9.59 Å². The van der Waals surface area contributed by atoms with Crippen LogP contribution in [0.2, 0.25) is 0 Å². The number of primary amides is 1. The summed E-state index contributed by atoms with van der Waals surface area (Å²) in [6.07, 6.45) is 1.62. The Morgan fingerprint density at radius 1 is 1.24 bits per heavy atom. The molecule has 3 N–H and O–H groups in total. The molecule has 2 unspecified atom stereocenters. The van der Waals surface area contributed by atoms with E-state index in [2.05, 4.69) is 5.32 Å². The molecular formula is C15H20N2O4. The highest BCUT2D eigenvalue weighted by Crippen LogP contribution is 2.21. The van der Waals surface area contributed by atoms with Gasteiger partial charge in [-0.15, -0.1) is 0 Å². The number of ether oxygens (including phenoxy) is 2. The van der Waals surface area contributed by atoms with Gasteiger partial charge in [0.2, 0.25) is 0 Å². The molecule has 1 saturated carbocycles. The molecule has 6 nitrogen and oxygen atoms in total. The molecule has 0 bridgehead atoms. The zero-order chi connectivity index (χ0) is 15.1. The summed E-state index contributed by atoms with van der Waals surface area (Å²) in [5.74, 6) is 0. The molecule has 1 aromatic carbocycles. The average molecular weight is 292 g/mol. The van der Waals surface area contributed by atoms with E-state index in [1.54, 1.807) is 0 Å². The van der Waals surface area contributed by atoms with Gasteiger partial charge in [0.1, 0.15) is 12.7 Å². The van der Waals surface area contributed by atoms with Crippen LogP contribution in [0.15, 0.2) is 30.3 Å². The van der Waals surface area contributed by atoms with Crippen molar-refractivity contribution < 1.29 is 19.1 Å². The fourth-order valence-electron chi connectivity index (χ4n) is 2.48. The van der Waals surface area contributed by atoms with Crippen LogP contribution in [0.1, 0.15) is 31.2 Å². The number of amides is 2. The minimum Gasteiger partial charge on any atom is -0.446 e. The first-order valence-corrected chi connectivity index (χ1v) is 7.07. The molecule has 1 fully saturated rings. The van der Waals surface area contributed by atoms with Crippen LogP contribution < -0.4 is 11.1 Å². The molecule has 1 aliphatic carbocycles. The van der Waals surface area contributed by atoms with Crippen molar-refractivity contribution in [3.63, 3.8) is 0 Å². The number of nitrogens with two attached hydrogens (primary N) is 1. The van der Waals surface area contributed by atoms with Crippen LogP contribution >= 0.6 is 0 Å². The minimum absolute atomic E-state index is 0.0497. The molecular weight excluding hydrogens is 272 g/mol. The summed E-state index contributed by atoms with van der Waals surface area (Å²) in [7, 11) is 0. The third kappa shape index (κ3) is 5.33. The molecule has 21 heavy (non-hydrogen) atoms. The number of hydrogen-bond acceptors (Lipinski definition) is 4. The van der Waals surface area contributed by atoms with Gasteiger partial charge < -0.3 is 20.5 Å². The molecule has 1 aromatic rings. The number of hydrogen-bond donors (Lipinski definition) is 2. The maximum absolute atomic E-state index is 11.7. The Labute approximate surface area is 123 Å². The molecule has 2 atom stereocenters. The molecule has 0 heterocycles. The normalized spacial score (nSPS) is 21.3. The lowest BCUT2D eigenvalue weighted by atomic mass is 9.93. The van der Waals surface area contributed by atoms with Crippen LogP contribution in [0.3, 0.4) is 0 Å². The summed E-state index contributed by atoms with van der Waals surface area (Å²) in [6.45, 7) is 0.237. The summed E-state index contributed by atoms with van der Waals surface area (Å²) in [4.78, 5) is 22.5. The molecule has 114 valence electrons. The van der Waals surface area contributed by atoms with Crippen LogP contribution in [0.25, 0.3) is 0 Å². The van der Waals surface area contributed by atoms with E-state index in [0.29, 0.717) is 6.42 Å². The van der Waals surface area contributed by atoms with Gasteiger partial charge in [-0.25, -0.2) is 9.59 Å². The summed E-state index contributed by atoms with van der Waals surface area (Å²) in [5, 5.41) is 2.80. The number of carbonyl (C=O) groups excluding carboxylic acids is 2. The first kappa shape index (κ1) is 15.2. The zero-order valence-electron chi connectivity index (χ0n) is 11.8. The van der Waals surface area contributed by atoms with Gasteiger partial charge in [-0.1, -0.05) is 30.3 Å². The van der Waals surface area contributed by atoms with Crippen LogP contribution in [0.5, 0.6) is 0 Å². The Morgan fingerprint density at radius 2 is 2.00 bits per heavy atom. The third-order valence-electron chi connectivity index (χ3n) is 3.44. The minimum atomic E-state index is -0.771. The van der Waals surface area contributed by atoms with E-state index in [1.807, 2.05) is 30.3 Å². The van der Waals surface area contributed by atoms with Gasteiger partial charge in [-0.3, -0.25) is 0 Å². The van der Waals surface area contributed by atoms with Crippen molar-refractivity contribution in [1.29, 1.82) is 0 Å². The summed E-state index contributed by atoms with van der Waals surface area (Å²) < 4.78 is 10.1. The highest BCUT2D eigenvalue weighted by atomic mass is 16.6. The number of rotatable bonds is 4. The van der Waals surface area contributed by atoms with Gasteiger partial charge in [-0.2, -0.15) is 0 Å². The molecule has 0 aromatic heterocycles. The van der Waals surface area contributed by atoms with Gasteiger partial charge in [0.05, 0.1) is 0 Å². The van der Waals surface area contributed by atoms with E-state index in [4.69, 9.17) is 15.2 Å². The Balaban J connectivity index is 1.73. The quantitative estimate of drug-likeness (QED) is 0.891. The maximum Gasteiger partial charge on any atom is 0.407 e.